The van der Waals surface area contributed by atoms with Crippen LogP contribution >= 0.6 is 11.6 Å². The fourth-order valence-corrected chi connectivity index (χ4v) is 2.60. The predicted molar refractivity (Wildman–Crippen MR) is 107 cm³/mol. The molecule has 0 spiro atoms. The Morgan fingerprint density at radius 3 is 2.71 bits per heavy atom. The first kappa shape index (κ1) is 19.3. The average molecular weight is 397 g/mol. The van der Waals surface area contributed by atoms with E-state index in [1.165, 1.54) is 25.4 Å². The number of amides is 1. The van der Waals surface area contributed by atoms with Crippen molar-refractivity contribution >= 4 is 40.8 Å². The molecule has 0 unspecified atom stereocenters. The third kappa shape index (κ3) is 4.63. The van der Waals surface area contributed by atoms with E-state index in [-0.39, 0.29) is 11.6 Å². The van der Waals surface area contributed by atoms with Gasteiger partial charge < -0.3 is 15.4 Å². The molecule has 0 aliphatic heterocycles. The predicted octanol–water partition coefficient (Wildman–Crippen LogP) is 4.22. The van der Waals surface area contributed by atoms with Gasteiger partial charge in [0.25, 0.3) is 5.91 Å². The van der Waals surface area contributed by atoms with Crippen LogP contribution in [0.5, 0.6) is 0 Å². The molecule has 1 aromatic heterocycles. The van der Waals surface area contributed by atoms with Crippen LogP contribution in [-0.4, -0.2) is 29.0 Å². The van der Waals surface area contributed by atoms with Crippen LogP contribution in [0.2, 0.25) is 5.02 Å². The summed E-state index contributed by atoms with van der Waals surface area (Å²) in [4.78, 5) is 32.5. The second-order valence-electron chi connectivity index (χ2n) is 5.88. The molecule has 2 aromatic carbocycles. The Kier molecular flexibility index (Phi) is 5.86. The molecule has 1 heterocycles. The molecule has 0 atom stereocenters. The number of nitrogens with one attached hydrogen (secondary N) is 2. The number of carbonyl (C=O) groups is 2. The third-order valence-corrected chi connectivity index (χ3v) is 4.11. The molecule has 0 aliphatic rings. The van der Waals surface area contributed by atoms with Gasteiger partial charge in [-0.15, -0.1) is 0 Å². The number of carbonyl (C=O) groups excluding carboxylic acids is 2. The van der Waals surface area contributed by atoms with Gasteiger partial charge in [0.05, 0.1) is 12.7 Å². The maximum atomic E-state index is 12.5. The minimum Gasteiger partial charge on any atom is -0.465 e. The molecule has 0 saturated heterocycles. The lowest BCUT2D eigenvalue weighted by molar-refractivity contribution is 0.0600. The molecule has 0 saturated carbocycles. The van der Waals surface area contributed by atoms with Gasteiger partial charge in [0.15, 0.2) is 0 Å². The zero-order chi connectivity index (χ0) is 20.1. The van der Waals surface area contributed by atoms with E-state index in [4.69, 9.17) is 11.6 Å². The lowest BCUT2D eigenvalue weighted by Crippen LogP contribution is -2.15. The highest BCUT2D eigenvalue weighted by Crippen LogP contribution is 2.22. The quantitative estimate of drug-likeness (QED) is 0.627. The summed E-state index contributed by atoms with van der Waals surface area (Å²) in [6.07, 6.45) is 1.48. The summed E-state index contributed by atoms with van der Waals surface area (Å²) < 4.78 is 4.68. The van der Waals surface area contributed by atoms with E-state index >= 15 is 0 Å². The van der Waals surface area contributed by atoms with Crippen molar-refractivity contribution in [3.8, 4) is 0 Å². The summed E-state index contributed by atoms with van der Waals surface area (Å²) in [6.45, 7) is 1.92. The number of benzene rings is 2. The van der Waals surface area contributed by atoms with E-state index in [1.807, 2.05) is 13.0 Å². The zero-order valence-corrected chi connectivity index (χ0v) is 15.9. The van der Waals surface area contributed by atoms with Gasteiger partial charge in [-0.05, 0) is 48.9 Å². The number of halogens is 1. The first-order valence-electron chi connectivity index (χ1n) is 8.32. The van der Waals surface area contributed by atoms with E-state index in [9.17, 15) is 9.59 Å². The Labute approximate surface area is 166 Å². The maximum absolute atomic E-state index is 12.5. The smallest absolute Gasteiger partial charge is 0.337 e. The summed E-state index contributed by atoms with van der Waals surface area (Å²) >= 11 is 6.02. The van der Waals surface area contributed by atoms with Crippen LogP contribution < -0.4 is 10.6 Å². The van der Waals surface area contributed by atoms with Crippen LogP contribution in [0.4, 0.5) is 17.3 Å². The lowest BCUT2D eigenvalue weighted by Gasteiger charge is -2.10. The van der Waals surface area contributed by atoms with Crippen molar-refractivity contribution in [1.29, 1.82) is 0 Å². The highest BCUT2D eigenvalue weighted by molar-refractivity contribution is 6.30. The Morgan fingerprint density at radius 2 is 1.93 bits per heavy atom. The Morgan fingerprint density at radius 1 is 1.11 bits per heavy atom. The van der Waals surface area contributed by atoms with Crippen LogP contribution in [0.1, 0.15) is 26.4 Å². The molecular formula is C20H17ClN4O3. The standard InChI is InChI=1S/C20H17ClN4O3/c1-12-6-7-14(21)11-17(12)25-20-22-9-8-16(24-20)18(26)23-15-5-3-4-13(10-15)19(27)28-2/h3-11H,1-2H3,(H,23,26)(H,22,24,25). The average Bonchev–Trinajstić information content (AvgIpc) is 2.70. The van der Waals surface area contributed by atoms with Crippen molar-refractivity contribution in [2.75, 3.05) is 17.7 Å². The van der Waals surface area contributed by atoms with Crippen LogP contribution in [0, 0.1) is 6.92 Å². The summed E-state index contributed by atoms with van der Waals surface area (Å²) in [6, 6.07) is 13.4. The molecule has 1 amide bonds. The van der Waals surface area contributed by atoms with Gasteiger partial charge in [0.1, 0.15) is 5.69 Å². The molecule has 0 fully saturated rings. The third-order valence-electron chi connectivity index (χ3n) is 3.88. The van der Waals surface area contributed by atoms with Gasteiger partial charge in [-0.2, -0.15) is 0 Å². The van der Waals surface area contributed by atoms with Gasteiger partial charge in [0, 0.05) is 22.6 Å². The summed E-state index contributed by atoms with van der Waals surface area (Å²) in [5.41, 5.74) is 2.66. The molecule has 3 rings (SSSR count). The summed E-state index contributed by atoms with van der Waals surface area (Å²) in [5, 5.41) is 6.34. The van der Waals surface area contributed by atoms with Crippen molar-refractivity contribution in [2.24, 2.45) is 0 Å². The Hall–Kier alpha value is -3.45. The highest BCUT2D eigenvalue weighted by Gasteiger charge is 2.12. The molecule has 28 heavy (non-hydrogen) atoms. The number of hydrogen-bond acceptors (Lipinski definition) is 6. The molecule has 3 aromatic rings. The number of aryl methyl sites for hydroxylation is 1. The minimum absolute atomic E-state index is 0.167. The number of anilines is 3. The first-order valence-corrected chi connectivity index (χ1v) is 8.70. The fourth-order valence-electron chi connectivity index (χ4n) is 2.43. The number of rotatable bonds is 5. The molecular weight excluding hydrogens is 380 g/mol. The van der Waals surface area contributed by atoms with E-state index in [0.29, 0.717) is 16.3 Å². The van der Waals surface area contributed by atoms with Gasteiger partial charge >= 0.3 is 5.97 Å². The van der Waals surface area contributed by atoms with Gasteiger partial charge in [-0.3, -0.25) is 4.79 Å². The fraction of sp³-hybridized carbons (Fsp3) is 0.100. The second kappa shape index (κ2) is 8.49. The number of hydrogen-bond donors (Lipinski definition) is 2. The minimum atomic E-state index is -0.485. The zero-order valence-electron chi connectivity index (χ0n) is 15.2. The maximum Gasteiger partial charge on any atom is 0.337 e. The van der Waals surface area contributed by atoms with Crippen LogP contribution in [0.15, 0.2) is 54.7 Å². The SMILES string of the molecule is COC(=O)c1cccc(NC(=O)c2ccnc(Nc3cc(Cl)ccc3C)n2)c1. The summed E-state index contributed by atoms with van der Waals surface area (Å²) in [7, 11) is 1.30. The lowest BCUT2D eigenvalue weighted by atomic mass is 10.2. The molecule has 142 valence electrons. The second-order valence-corrected chi connectivity index (χ2v) is 6.31. The number of nitrogens with zero attached hydrogens (tertiary/aromatic N) is 2. The van der Waals surface area contributed by atoms with Crippen molar-refractivity contribution in [1.82, 2.24) is 9.97 Å². The van der Waals surface area contributed by atoms with Gasteiger partial charge in [0.2, 0.25) is 5.95 Å². The molecule has 0 aliphatic carbocycles. The molecule has 2 N–H and O–H groups in total. The Bertz CT molecular complexity index is 1040. The Balaban J connectivity index is 1.77. The van der Waals surface area contributed by atoms with Crippen molar-refractivity contribution in [3.63, 3.8) is 0 Å². The molecule has 0 bridgehead atoms. The number of aromatic nitrogens is 2. The van der Waals surface area contributed by atoms with Crippen LogP contribution in [0.3, 0.4) is 0 Å². The molecule has 7 nitrogen and oxygen atoms in total. The topological polar surface area (TPSA) is 93.2 Å². The van der Waals surface area contributed by atoms with Crippen molar-refractivity contribution in [3.05, 3.63) is 76.6 Å². The van der Waals surface area contributed by atoms with Crippen LogP contribution in [0.25, 0.3) is 0 Å². The van der Waals surface area contributed by atoms with E-state index < -0.39 is 11.9 Å². The van der Waals surface area contributed by atoms with E-state index in [2.05, 4.69) is 25.3 Å². The van der Waals surface area contributed by atoms with Gasteiger partial charge in [-0.25, -0.2) is 14.8 Å². The number of methoxy groups -OCH3 is 1. The first-order chi connectivity index (χ1) is 13.5. The van der Waals surface area contributed by atoms with Crippen molar-refractivity contribution < 1.29 is 14.3 Å². The summed E-state index contributed by atoms with van der Waals surface area (Å²) in [5.74, 6) is -0.655. The monoisotopic (exact) mass is 396 g/mol. The number of esters is 1. The van der Waals surface area contributed by atoms with E-state index in [0.717, 1.165) is 11.3 Å². The van der Waals surface area contributed by atoms with Gasteiger partial charge in [-0.1, -0.05) is 23.7 Å². The molecule has 8 heteroatoms. The normalized spacial score (nSPS) is 10.2. The van der Waals surface area contributed by atoms with Crippen LogP contribution in [-0.2, 0) is 4.74 Å². The largest absolute Gasteiger partial charge is 0.465 e. The highest BCUT2D eigenvalue weighted by atomic mass is 35.5. The number of ether oxygens (including phenoxy) is 1. The van der Waals surface area contributed by atoms with Crippen molar-refractivity contribution in [2.45, 2.75) is 6.92 Å². The van der Waals surface area contributed by atoms with E-state index in [1.54, 1.807) is 30.3 Å². The molecule has 0 radical (unpaired) electrons.